The highest BCUT2D eigenvalue weighted by atomic mass is 16.6. The van der Waals surface area contributed by atoms with Crippen molar-refractivity contribution in [1.29, 1.82) is 0 Å². The molecule has 0 spiro atoms. The average molecular weight is 1390 g/mol. The van der Waals surface area contributed by atoms with Gasteiger partial charge in [0.25, 0.3) is 11.7 Å². The number of aliphatic hydroxyl groups excluding tert-OH is 2. The van der Waals surface area contributed by atoms with Crippen LogP contribution in [0.25, 0.3) is 22.3 Å². The molecule has 7 heterocycles. The van der Waals surface area contributed by atoms with Gasteiger partial charge in [-0.05, 0) is 158 Å². The number of aliphatic hydroxyl groups is 3. The second-order valence-corrected chi connectivity index (χ2v) is 29.1. The second-order valence-electron chi connectivity index (χ2n) is 29.1. The van der Waals surface area contributed by atoms with Gasteiger partial charge in [-0.25, -0.2) is 9.78 Å². The third-order valence-electron chi connectivity index (χ3n) is 21.6. The molecule has 17 atom stereocenters. The zero-order chi connectivity index (χ0) is 72.1. The summed E-state index contributed by atoms with van der Waals surface area (Å²) in [6.45, 7) is 20.1. The van der Waals surface area contributed by atoms with Gasteiger partial charge in [0.15, 0.2) is 11.4 Å². The van der Waals surface area contributed by atoms with E-state index in [-0.39, 0.29) is 86.8 Å². The standard InChI is InChI=1S/C77H108N6O17/c1-45-18-14-13-15-19-46(2)56(40-67(86)98-44-57-38-55(23-28-64(57)93-10)60-26-25-59-72(78-60)79-76(82-31-33-97-43-53(82)9)80-73(59)81-30-32-96-42-52(81)8)39-58-24-21-51(7)77(92,100-58)71(89)74(90)83-29-17-16-20-61(83)75(91)99-65(48(4)36-54-22-27-62(84)66(37-54)94-11)41-63(85)47(3)35-50(6)69(88)70(95-12)68(87)49(5)34-45/h13-15,18-19,23,25-26,28,35,38,45,47-49,51-54,56,58,61-62,65-66,69-70,84,88,92H,16-17,20-22,24,27,29-34,36-37,39-44H2,1-12H3/b15-13+,18-14+,46-19+,50-35+/t45-,47-,48-,49-,51-,52+,53+,54+,56?,58+,61+,62-,65+,66-,69-,70+,77-/m1/s1. The minimum absolute atomic E-state index is 0.0148. The van der Waals surface area contributed by atoms with E-state index < -0.39 is 95.6 Å². The number of hydrogen-bond acceptors (Lipinski definition) is 22. The summed E-state index contributed by atoms with van der Waals surface area (Å²) in [6.07, 6.45) is 9.90. The van der Waals surface area contributed by atoms with E-state index in [1.165, 1.54) is 12.0 Å². The molecule has 1 saturated carbocycles. The number of amides is 1. The molecule has 0 radical (unpaired) electrons. The minimum atomic E-state index is -2.60. The van der Waals surface area contributed by atoms with Crippen LogP contribution in [0.4, 0.5) is 11.8 Å². The van der Waals surface area contributed by atoms with Gasteiger partial charge in [-0.15, -0.1) is 0 Å². The van der Waals surface area contributed by atoms with Gasteiger partial charge in [0.05, 0.1) is 81.4 Å². The summed E-state index contributed by atoms with van der Waals surface area (Å²) in [6, 6.07) is 8.41. The van der Waals surface area contributed by atoms with Crippen LogP contribution < -0.4 is 14.5 Å². The Bertz CT molecular complexity index is 3480. The molecule has 23 nitrogen and oxygen atoms in total. The SMILES string of the molecule is COc1ccc(-c2ccc3c(N4CCOC[C@@H]4C)nc(N4CCOC[C@@H]4C)nc3n2)cc1COC(=O)CC1C[C@@H]2CC[C@@H](C)[C@@](O)(O2)C(=O)C(=O)N2CCCC[C@H]2C(=O)O[C@H]([C@H](C)C[C@@H]2CC[C@@H](O)[C@H](OC)C2)CC(=O)[C@H](C)/C=C(\C)[C@@H](O)[C@@H](OC)C(=O)[C@H](C)C[C@H](C)/C=C/C=C/C=C/1C. The quantitative estimate of drug-likeness (QED) is 0.0815. The highest BCUT2D eigenvalue weighted by Gasteiger charge is 2.53. The fourth-order valence-electron chi connectivity index (χ4n) is 15.2. The van der Waals surface area contributed by atoms with Crippen LogP contribution in [0.5, 0.6) is 5.75 Å². The van der Waals surface area contributed by atoms with Crippen LogP contribution in [0.1, 0.15) is 151 Å². The van der Waals surface area contributed by atoms with Gasteiger partial charge in [-0.2, -0.15) is 9.97 Å². The molecule has 1 aromatic carbocycles. The largest absolute Gasteiger partial charge is 0.496 e. The molecule has 4 saturated heterocycles. The van der Waals surface area contributed by atoms with Crippen molar-refractivity contribution in [3.63, 3.8) is 0 Å². The number of morpholine rings is 2. The molecular weight excluding hydrogens is 1280 g/mol. The first-order valence-corrected chi connectivity index (χ1v) is 36.2. The Kier molecular flexibility index (Phi) is 27.4. The number of ketones is 3. The van der Waals surface area contributed by atoms with Crippen LogP contribution in [0.15, 0.2) is 77.9 Å². The molecule has 100 heavy (non-hydrogen) atoms. The van der Waals surface area contributed by atoms with Crippen molar-refractivity contribution >= 4 is 58.0 Å². The van der Waals surface area contributed by atoms with Crippen molar-refractivity contribution in [3.8, 4) is 17.0 Å². The number of carbonyl (C=O) groups excluding carboxylic acids is 6. The lowest BCUT2D eigenvalue weighted by Crippen LogP contribution is -2.60. The number of anilines is 2. The Labute approximate surface area is 589 Å². The summed E-state index contributed by atoms with van der Waals surface area (Å²) in [7, 11) is 4.47. The number of methoxy groups -OCH3 is 3. The first-order chi connectivity index (χ1) is 47.8. The van der Waals surface area contributed by atoms with E-state index in [1.807, 2.05) is 81.5 Å². The Balaban J connectivity index is 0.981. The summed E-state index contributed by atoms with van der Waals surface area (Å²) < 4.78 is 47.6. The molecule has 6 aliphatic rings. The first-order valence-electron chi connectivity index (χ1n) is 36.2. The van der Waals surface area contributed by atoms with E-state index >= 15 is 0 Å². The smallest absolute Gasteiger partial charge is 0.329 e. The van der Waals surface area contributed by atoms with Crippen molar-refractivity contribution in [3.05, 3.63) is 83.5 Å². The molecule has 1 aliphatic carbocycles. The van der Waals surface area contributed by atoms with Crippen LogP contribution in [-0.2, 0) is 68.5 Å². The van der Waals surface area contributed by atoms with Gasteiger partial charge in [0, 0.05) is 69.2 Å². The van der Waals surface area contributed by atoms with E-state index in [4.69, 9.17) is 52.8 Å². The topological polar surface area (TPSA) is 285 Å². The number of ether oxygens (including phenoxy) is 8. The Morgan fingerprint density at radius 3 is 2.23 bits per heavy atom. The maximum atomic E-state index is 14.8. The first kappa shape index (κ1) is 77.3. The van der Waals surface area contributed by atoms with E-state index in [1.54, 1.807) is 48.0 Å². The minimum Gasteiger partial charge on any atom is -0.496 e. The molecular formula is C77H108N6O17. The van der Waals surface area contributed by atoms with Crippen LogP contribution in [0.2, 0.25) is 0 Å². The third kappa shape index (κ3) is 18.9. The highest BCUT2D eigenvalue weighted by molar-refractivity contribution is 6.39. The van der Waals surface area contributed by atoms with E-state index in [9.17, 15) is 44.1 Å². The van der Waals surface area contributed by atoms with Crippen molar-refractivity contribution < 1.29 is 82.0 Å². The van der Waals surface area contributed by atoms with Gasteiger partial charge < -0.3 is 67.9 Å². The predicted molar refractivity (Wildman–Crippen MR) is 377 cm³/mol. The number of fused-ring (bicyclic) bond motifs is 4. The van der Waals surface area contributed by atoms with Crippen molar-refractivity contribution in [2.75, 3.05) is 77.2 Å². The fraction of sp³-hybridized carbons (Fsp3) is 0.649. The maximum Gasteiger partial charge on any atom is 0.329 e. The number of pyridine rings is 1. The number of esters is 2. The predicted octanol–water partition coefficient (Wildman–Crippen LogP) is 9.38. The van der Waals surface area contributed by atoms with Crippen LogP contribution in [0.3, 0.4) is 0 Å². The Morgan fingerprint density at radius 2 is 1.52 bits per heavy atom. The summed E-state index contributed by atoms with van der Waals surface area (Å²) in [5, 5.41) is 35.6. The summed E-state index contributed by atoms with van der Waals surface area (Å²) in [5.41, 5.74) is 3.60. The third-order valence-corrected chi connectivity index (χ3v) is 21.6. The van der Waals surface area contributed by atoms with Gasteiger partial charge in [-0.3, -0.25) is 24.0 Å². The summed E-state index contributed by atoms with van der Waals surface area (Å²) in [5.74, 6) is -8.15. The number of cyclic esters (lactones) is 1. The van der Waals surface area contributed by atoms with Gasteiger partial charge in [-0.1, -0.05) is 76.6 Å². The zero-order valence-corrected chi connectivity index (χ0v) is 60.7. The molecule has 9 rings (SSSR count). The molecule has 5 fully saturated rings. The van der Waals surface area contributed by atoms with Crippen molar-refractivity contribution in [2.24, 2.45) is 41.4 Å². The van der Waals surface area contributed by atoms with E-state index in [0.717, 1.165) is 22.3 Å². The number of rotatable bonds is 13. The monoisotopic (exact) mass is 1390 g/mol. The number of piperidine rings is 1. The van der Waals surface area contributed by atoms with Gasteiger partial charge in [0.2, 0.25) is 11.7 Å². The lowest BCUT2D eigenvalue weighted by atomic mass is 9.78. The molecule has 1 unspecified atom stereocenters. The van der Waals surface area contributed by atoms with Crippen LogP contribution >= 0.6 is 0 Å². The normalized spacial score (nSPS) is 33.7. The molecule has 2 aromatic heterocycles. The lowest BCUT2D eigenvalue weighted by Gasteiger charge is -2.43. The Hall–Kier alpha value is -6.83. The molecule has 23 heteroatoms. The molecule has 3 N–H and O–H groups in total. The van der Waals surface area contributed by atoms with Crippen LogP contribution in [0, 0.1) is 41.4 Å². The molecule has 1 amide bonds. The van der Waals surface area contributed by atoms with Crippen LogP contribution in [-0.4, -0.2) is 198 Å². The number of allylic oxidation sites excluding steroid dienone is 7. The lowest BCUT2D eigenvalue weighted by molar-refractivity contribution is -0.264. The number of carbonyl (C=O) groups is 6. The molecule has 2 bridgehead atoms. The molecule has 548 valence electrons. The number of nitrogens with zero attached hydrogens (tertiary/aromatic N) is 6. The van der Waals surface area contributed by atoms with Crippen molar-refractivity contribution in [2.45, 2.75) is 213 Å². The molecule has 5 aliphatic heterocycles. The number of aromatic nitrogens is 3. The van der Waals surface area contributed by atoms with E-state index in [0.29, 0.717) is 125 Å². The van der Waals surface area contributed by atoms with E-state index in [2.05, 4.69) is 23.6 Å². The fourth-order valence-corrected chi connectivity index (χ4v) is 15.2. The van der Waals surface area contributed by atoms with Gasteiger partial charge in [0.1, 0.15) is 48.3 Å². The number of Topliss-reactive ketones (excluding diaryl/α,β-unsaturated/α-hetero) is 3. The summed E-state index contributed by atoms with van der Waals surface area (Å²) in [4.78, 5) is 108. The number of hydrogen-bond donors (Lipinski definition) is 3. The number of benzene rings is 1. The highest BCUT2D eigenvalue weighted by Crippen LogP contribution is 2.40. The summed E-state index contributed by atoms with van der Waals surface area (Å²) >= 11 is 0. The average Bonchev–Trinajstić information content (AvgIpc) is 0.772. The van der Waals surface area contributed by atoms with Gasteiger partial charge >= 0.3 is 11.9 Å². The Morgan fingerprint density at radius 1 is 0.780 bits per heavy atom. The van der Waals surface area contributed by atoms with Crippen molar-refractivity contribution in [1.82, 2.24) is 19.9 Å². The zero-order valence-electron chi connectivity index (χ0n) is 60.7. The molecule has 3 aromatic rings. The second kappa shape index (κ2) is 35.4. The maximum absolute atomic E-state index is 14.8.